The molecule has 1 saturated carbocycles. The SMILES string of the molecule is CC(C)(Cn1nnnc1C1(C)CCCC1)C(=O)O. The Bertz CT molecular complexity index is 447. The van der Waals surface area contributed by atoms with Gasteiger partial charge in [-0.15, -0.1) is 5.10 Å². The molecule has 0 saturated heterocycles. The predicted octanol–water partition coefficient (Wildman–Crippen LogP) is 1.62. The summed E-state index contributed by atoms with van der Waals surface area (Å²) in [6, 6.07) is 0. The molecule has 0 bridgehead atoms. The monoisotopic (exact) mass is 252 g/mol. The van der Waals surface area contributed by atoms with Crippen LogP contribution in [0.15, 0.2) is 0 Å². The van der Waals surface area contributed by atoms with Gasteiger partial charge in [0.2, 0.25) is 0 Å². The van der Waals surface area contributed by atoms with Crippen LogP contribution in [0.3, 0.4) is 0 Å². The Balaban J connectivity index is 2.26. The second-order valence-corrected chi connectivity index (χ2v) is 6.12. The number of tetrazole rings is 1. The summed E-state index contributed by atoms with van der Waals surface area (Å²) in [7, 11) is 0. The fourth-order valence-electron chi connectivity index (χ4n) is 2.56. The highest BCUT2D eigenvalue weighted by Gasteiger charge is 2.38. The molecule has 0 aliphatic heterocycles. The van der Waals surface area contributed by atoms with Crippen LogP contribution < -0.4 is 0 Å². The first-order valence-corrected chi connectivity index (χ1v) is 6.35. The average molecular weight is 252 g/mol. The van der Waals surface area contributed by atoms with Crippen molar-refractivity contribution in [2.24, 2.45) is 5.41 Å². The summed E-state index contributed by atoms with van der Waals surface area (Å²) in [5.74, 6) is -0.00477. The van der Waals surface area contributed by atoms with Crippen molar-refractivity contribution in [3.05, 3.63) is 5.82 Å². The molecule has 0 spiro atoms. The summed E-state index contributed by atoms with van der Waals surface area (Å²) in [6.45, 7) is 5.85. The molecule has 1 aromatic heterocycles. The van der Waals surface area contributed by atoms with Crippen LogP contribution >= 0.6 is 0 Å². The maximum atomic E-state index is 11.2. The minimum atomic E-state index is -0.862. The molecular formula is C12H20N4O2. The van der Waals surface area contributed by atoms with E-state index in [2.05, 4.69) is 22.4 Å². The standard InChI is InChI=1S/C12H20N4O2/c1-11(2,10(17)18)8-16-9(13-14-15-16)12(3)6-4-5-7-12/h4-8H2,1-3H3,(H,17,18). The molecule has 2 rings (SSSR count). The first-order chi connectivity index (χ1) is 8.35. The molecule has 0 unspecified atom stereocenters. The molecule has 6 nitrogen and oxygen atoms in total. The third kappa shape index (κ3) is 2.23. The average Bonchev–Trinajstić information content (AvgIpc) is 2.87. The number of rotatable bonds is 4. The molecule has 1 aliphatic rings. The molecule has 1 N–H and O–H groups in total. The summed E-state index contributed by atoms with van der Waals surface area (Å²) in [4.78, 5) is 11.2. The zero-order valence-corrected chi connectivity index (χ0v) is 11.2. The highest BCUT2D eigenvalue weighted by Crippen LogP contribution is 2.39. The van der Waals surface area contributed by atoms with E-state index in [9.17, 15) is 9.90 Å². The Hall–Kier alpha value is -1.46. The fourth-order valence-corrected chi connectivity index (χ4v) is 2.56. The third-order valence-electron chi connectivity index (χ3n) is 3.90. The number of aliphatic carboxylic acids is 1. The van der Waals surface area contributed by atoms with E-state index >= 15 is 0 Å². The van der Waals surface area contributed by atoms with E-state index < -0.39 is 11.4 Å². The van der Waals surface area contributed by atoms with Crippen LogP contribution in [0.4, 0.5) is 0 Å². The number of carboxylic acids is 1. The zero-order chi connectivity index (χ0) is 13.4. The molecule has 0 radical (unpaired) electrons. The van der Waals surface area contributed by atoms with Gasteiger partial charge in [0.25, 0.3) is 0 Å². The number of hydrogen-bond acceptors (Lipinski definition) is 4. The van der Waals surface area contributed by atoms with Crippen molar-refractivity contribution >= 4 is 5.97 Å². The molecule has 6 heteroatoms. The van der Waals surface area contributed by atoms with Gasteiger partial charge in [0, 0.05) is 5.41 Å². The van der Waals surface area contributed by atoms with Crippen molar-refractivity contribution in [3.63, 3.8) is 0 Å². The van der Waals surface area contributed by atoms with Crippen LogP contribution in [0.25, 0.3) is 0 Å². The normalized spacial score (nSPS) is 19.1. The summed E-state index contributed by atoms with van der Waals surface area (Å²) in [6.07, 6.45) is 4.51. The summed E-state index contributed by atoms with van der Waals surface area (Å²) in [5, 5.41) is 21.0. The fraction of sp³-hybridized carbons (Fsp3) is 0.833. The Kier molecular flexibility index (Phi) is 3.12. The second-order valence-electron chi connectivity index (χ2n) is 6.12. The first-order valence-electron chi connectivity index (χ1n) is 6.35. The van der Waals surface area contributed by atoms with E-state index in [0.717, 1.165) is 18.7 Å². The topological polar surface area (TPSA) is 80.9 Å². The van der Waals surface area contributed by atoms with E-state index in [1.165, 1.54) is 12.8 Å². The van der Waals surface area contributed by atoms with Gasteiger partial charge < -0.3 is 5.11 Å². The van der Waals surface area contributed by atoms with Crippen molar-refractivity contribution in [3.8, 4) is 0 Å². The molecule has 18 heavy (non-hydrogen) atoms. The van der Waals surface area contributed by atoms with Gasteiger partial charge in [0.05, 0.1) is 12.0 Å². The molecule has 1 aromatic rings. The minimum Gasteiger partial charge on any atom is -0.481 e. The number of carbonyl (C=O) groups is 1. The highest BCUT2D eigenvalue weighted by molar-refractivity contribution is 5.73. The van der Waals surface area contributed by atoms with Crippen molar-refractivity contribution in [2.45, 2.75) is 58.4 Å². The second kappa shape index (κ2) is 4.33. The lowest BCUT2D eigenvalue weighted by Gasteiger charge is -2.25. The number of aromatic nitrogens is 4. The number of carboxylic acid groups (broad SMARTS) is 1. The highest BCUT2D eigenvalue weighted by atomic mass is 16.4. The lowest BCUT2D eigenvalue weighted by atomic mass is 9.87. The summed E-state index contributed by atoms with van der Waals surface area (Å²) >= 11 is 0. The quantitative estimate of drug-likeness (QED) is 0.880. The first kappa shape index (κ1) is 13.0. The van der Waals surface area contributed by atoms with E-state index in [-0.39, 0.29) is 5.41 Å². The van der Waals surface area contributed by atoms with Gasteiger partial charge in [-0.1, -0.05) is 19.8 Å². The van der Waals surface area contributed by atoms with Gasteiger partial charge in [-0.3, -0.25) is 4.79 Å². The lowest BCUT2D eigenvalue weighted by Crippen LogP contribution is -2.33. The van der Waals surface area contributed by atoms with Crippen LogP contribution in [-0.4, -0.2) is 31.3 Å². The van der Waals surface area contributed by atoms with Gasteiger partial charge in [-0.25, -0.2) is 4.68 Å². The van der Waals surface area contributed by atoms with Crippen molar-refractivity contribution in [1.29, 1.82) is 0 Å². The molecule has 0 atom stereocenters. The van der Waals surface area contributed by atoms with E-state index in [1.807, 2.05) is 0 Å². The van der Waals surface area contributed by atoms with Crippen LogP contribution in [0, 0.1) is 5.41 Å². The zero-order valence-electron chi connectivity index (χ0n) is 11.2. The smallest absolute Gasteiger partial charge is 0.310 e. The molecule has 1 heterocycles. The maximum absolute atomic E-state index is 11.2. The molecule has 0 aromatic carbocycles. The summed E-state index contributed by atoms with van der Waals surface area (Å²) in [5.41, 5.74) is -0.864. The van der Waals surface area contributed by atoms with Crippen LogP contribution in [0.2, 0.25) is 0 Å². The predicted molar refractivity (Wildman–Crippen MR) is 65.1 cm³/mol. The molecule has 100 valence electrons. The minimum absolute atomic E-state index is 0.00190. The van der Waals surface area contributed by atoms with Crippen molar-refractivity contribution < 1.29 is 9.90 Å². The molecule has 1 fully saturated rings. The summed E-state index contributed by atoms with van der Waals surface area (Å²) < 4.78 is 1.67. The van der Waals surface area contributed by atoms with Crippen molar-refractivity contribution in [2.75, 3.05) is 0 Å². The number of hydrogen-bond donors (Lipinski definition) is 1. The van der Waals surface area contributed by atoms with Gasteiger partial charge in [-0.2, -0.15) is 0 Å². The molecule has 0 amide bonds. The molecule has 1 aliphatic carbocycles. The third-order valence-corrected chi connectivity index (χ3v) is 3.90. The van der Waals surface area contributed by atoms with E-state index in [1.54, 1.807) is 18.5 Å². The maximum Gasteiger partial charge on any atom is 0.310 e. The van der Waals surface area contributed by atoms with Gasteiger partial charge in [-0.05, 0) is 37.1 Å². The van der Waals surface area contributed by atoms with Crippen LogP contribution in [0.1, 0.15) is 52.3 Å². The van der Waals surface area contributed by atoms with Gasteiger partial charge in [0.1, 0.15) is 0 Å². The van der Waals surface area contributed by atoms with E-state index in [0.29, 0.717) is 6.54 Å². The van der Waals surface area contributed by atoms with Gasteiger partial charge in [0.15, 0.2) is 5.82 Å². The van der Waals surface area contributed by atoms with Crippen LogP contribution in [0.5, 0.6) is 0 Å². The Morgan fingerprint density at radius 3 is 2.61 bits per heavy atom. The Morgan fingerprint density at radius 1 is 1.44 bits per heavy atom. The molecular weight excluding hydrogens is 232 g/mol. The largest absolute Gasteiger partial charge is 0.481 e. The Labute approximate surface area is 106 Å². The Morgan fingerprint density at radius 2 is 2.06 bits per heavy atom. The number of nitrogens with zero attached hydrogens (tertiary/aromatic N) is 4. The lowest BCUT2D eigenvalue weighted by molar-refractivity contribution is -0.147. The van der Waals surface area contributed by atoms with E-state index in [4.69, 9.17) is 0 Å². The van der Waals surface area contributed by atoms with Crippen molar-refractivity contribution in [1.82, 2.24) is 20.2 Å². The van der Waals surface area contributed by atoms with Crippen LogP contribution in [-0.2, 0) is 16.8 Å². The van der Waals surface area contributed by atoms with Gasteiger partial charge >= 0.3 is 5.97 Å².